The molecule has 1 unspecified atom stereocenters. The molecule has 1 aliphatic rings. The molecule has 27 heavy (non-hydrogen) atoms. The second kappa shape index (κ2) is 7.27. The Morgan fingerprint density at radius 1 is 1.26 bits per heavy atom. The molecule has 0 spiro atoms. The van der Waals surface area contributed by atoms with Gasteiger partial charge >= 0.3 is 5.97 Å². The highest BCUT2D eigenvalue weighted by atomic mass is 32.1. The van der Waals surface area contributed by atoms with Crippen LogP contribution in [-0.4, -0.2) is 41.5 Å². The number of hydrogen-bond acceptors (Lipinski definition) is 5. The van der Waals surface area contributed by atoms with Gasteiger partial charge in [0.15, 0.2) is 0 Å². The van der Waals surface area contributed by atoms with Crippen molar-refractivity contribution >= 4 is 44.3 Å². The maximum Gasteiger partial charge on any atom is 0.310 e. The van der Waals surface area contributed by atoms with Crippen LogP contribution >= 0.6 is 11.3 Å². The van der Waals surface area contributed by atoms with Crippen LogP contribution in [0.2, 0.25) is 0 Å². The zero-order valence-corrected chi connectivity index (χ0v) is 16.3. The van der Waals surface area contributed by atoms with Crippen molar-refractivity contribution in [2.24, 2.45) is 5.92 Å². The first-order chi connectivity index (χ1) is 13.0. The molecule has 1 saturated heterocycles. The summed E-state index contributed by atoms with van der Waals surface area (Å²) in [6.07, 6.45) is 1.60. The number of fused-ring (bicyclic) bond motifs is 2. The van der Waals surface area contributed by atoms with Crippen LogP contribution < -0.4 is 0 Å². The number of amides is 1. The van der Waals surface area contributed by atoms with Crippen LogP contribution in [0.5, 0.6) is 0 Å². The first-order valence-electron chi connectivity index (χ1n) is 9.32. The molecule has 1 aliphatic heterocycles. The van der Waals surface area contributed by atoms with E-state index in [1.807, 2.05) is 18.2 Å². The van der Waals surface area contributed by atoms with Gasteiger partial charge < -0.3 is 9.64 Å². The average molecular weight is 382 g/mol. The lowest BCUT2D eigenvalue weighted by atomic mass is 9.98. The van der Waals surface area contributed by atoms with E-state index in [4.69, 9.17) is 9.72 Å². The number of esters is 1. The van der Waals surface area contributed by atoms with Crippen molar-refractivity contribution in [3.63, 3.8) is 0 Å². The van der Waals surface area contributed by atoms with Crippen molar-refractivity contribution in [2.75, 3.05) is 19.7 Å². The van der Waals surface area contributed by atoms with Gasteiger partial charge in [0.05, 0.1) is 22.9 Å². The zero-order chi connectivity index (χ0) is 19.0. The number of thiophene rings is 1. The summed E-state index contributed by atoms with van der Waals surface area (Å²) in [5, 5.41) is 2.07. The largest absolute Gasteiger partial charge is 0.466 e. The molecule has 3 aromatic rings. The van der Waals surface area contributed by atoms with Gasteiger partial charge in [-0.15, -0.1) is 11.3 Å². The summed E-state index contributed by atoms with van der Waals surface area (Å²) in [5.74, 6) is -0.442. The fourth-order valence-corrected chi connectivity index (χ4v) is 4.62. The Labute approximate surface area is 161 Å². The number of carbonyl (C=O) groups is 2. The number of aryl methyl sites for hydroxylation is 1. The minimum Gasteiger partial charge on any atom is -0.466 e. The standard InChI is InChI=1S/C21H22N2O3S/c1-3-26-21(25)14-5-4-8-23(12-14)20(24)18-11-16-10-15-9-13(2)6-7-17(15)22-19(16)27-18/h6-7,9-11,14H,3-5,8,12H2,1-2H3. The topological polar surface area (TPSA) is 59.5 Å². The molecule has 6 heteroatoms. The Kier molecular flexibility index (Phi) is 4.83. The normalized spacial score (nSPS) is 17.4. The molecule has 0 saturated carbocycles. The van der Waals surface area contributed by atoms with Gasteiger partial charge in [0.1, 0.15) is 4.83 Å². The first kappa shape index (κ1) is 17.9. The molecule has 1 amide bonds. The molecule has 2 aromatic heterocycles. The van der Waals surface area contributed by atoms with Gasteiger partial charge in [0.25, 0.3) is 5.91 Å². The Balaban J connectivity index is 1.60. The number of nitrogens with zero attached hydrogens (tertiary/aromatic N) is 2. The minimum absolute atomic E-state index is 0.0211. The van der Waals surface area contributed by atoms with Crippen LogP contribution in [0.1, 0.15) is 35.0 Å². The molecular formula is C21H22N2O3S. The highest BCUT2D eigenvalue weighted by molar-refractivity contribution is 7.20. The Bertz CT molecular complexity index is 1030. The van der Waals surface area contributed by atoms with Gasteiger partial charge in [-0.25, -0.2) is 4.98 Å². The van der Waals surface area contributed by atoms with Crippen molar-refractivity contribution in [1.82, 2.24) is 9.88 Å². The van der Waals surface area contributed by atoms with Gasteiger partial charge in [0, 0.05) is 23.9 Å². The SMILES string of the molecule is CCOC(=O)C1CCCN(C(=O)c2cc3cc4cc(C)ccc4nc3s2)C1. The van der Waals surface area contributed by atoms with E-state index in [0.717, 1.165) is 34.0 Å². The Hall–Kier alpha value is -2.47. The lowest BCUT2D eigenvalue weighted by molar-refractivity contribution is -0.149. The highest BCUT2D eigenvalue weighted by Gasteiger charge is 2.30. The van der Waals surface area contributed by atoms with Crippen molar-refractivity contribution < 1.29 is 14.3 Å². The van der Waals surface area contributed by atoms with Crippen LogP contribution in [0.15, 0.2) is 30.3 Å². The molecule has 1 atom stereocenters. The maximum atomic E-state index is 13.0. The van der Waals surface area contributed by atoms with Crippen LogP contribution in [0.4, 0.5) is 0 Å². The monoisotopic (exact) mass is 382 g/mol. The summed E-state index contributed by atoms with van der Waals surface area (Å²) in [7, 11) is 0. The van der Waals surface area contributed by atoms with Crippen LogP contribution in [0.25, 0.3) is 21.1 Å². The second-order valence-corrected chi connectivity index (χ2v) is 8.06. The summed E-state index contributed by atoms with van der Waals surface area (Å²) >= 11 is 1.42. The summed E-state index contributed by atoms with van der Waals surface area (Å²) in [4.78, 5) is 33.1. The second-order valence-electron chi connectivity index (χ2n) is 7.03. The molecular weight excluding hydrogens is 360 g/mol. The quantitative estimate of drug-likeness (QED) is 0.638. The van der Waals surface area contributed by atoms with Crippen molar-refractivity contribution in [2.45, 2.75) is 26.7 Å². The molecule has 3 heterocycles. The van der Waals surface area contributed by atoms with Gasteiger partial charge in [-0.2, -0.15) is 0 Å². The summed E-state index contributed by atoms with van der Waals surface area (Å²) in [6, 6.07) is 10.2. The summed E-state index contributed by atoms with van der Waals surface area (Å²) < 4.78 is 5.13. The molecule has 5 nitrogen and oxygen atoms in total. The predicted molar refractivity (Wildman–Crippen MR) is 107 cm³/mol. The Morgan fingerprint density at radius 3 is 2.93 bits per heavy atom. The van der Waals surface area contributed by atoms with Crippen molar-refractivity contribution in [3.8, 4) is 0 Å². The number of hydrogen-bond donors (Lipinski definition) is 0. The number of ether oxygens (including phenoxy) is 1. The van der Waals surface area contributed by atoms with Crippen molar-refractivity contribution in [1.29, 1.82) is 0 Å². The van der Waals surface area contributed by atoms with E-state index in [9.17, 15) is 9.59 Å². The van der Waals surface area contributed by atoms with Crippen molar-refractivity contribution in [3.05, 3.63) is 40.8 Å². The highest BCUT2D eigenvalue weighted by Crippen LogP contribution is 2.30. The molecule has 1 fully saturated rings. The van der Waals surface area contributed by atoms with E-state index in [1.165, 1.54) is 16.9 Å². The number of rotatable bonds is 3. The molecule has 0 bridgehead atoms. The summed E-state index contributed by atoms with van der Waals surface area (Å²) in [5.41, 5.74) is 2.13. The maximum absolute atomic E-state index is 13.0. The molecule has 0 aliphatic carbocycles. The number of aromatic nitrogens is 1. The third kappa shape index (κ3) is 3.54. The smallest absolute Gasteiger partial charge is 0.310 e. The Morgan fingerprint density at radius 2 is 2.11 bits per heavy atom. The fourth-order valence-electron chi connectivity index (χ4n) is 3.63. The van der Waals surface area contributed by atoms with Crippen LogP contribution in [0.3, 0.4) is 0 Å². The lowest BCUT2D eigenvalue weighted by Crippen LogP contribution is -2.42. The summed E-state index contributed by atoms with van der Waals surface area (Å²) in [6.45, 7) is 5.35. The van der Waals surface area contributed by atoms with Crippen LogP contribution in [-0.2, 0) is 9.53 Å². The molecule has 4 rings (SSSR count). The van der Waals surface area contributed by atoms with E-state index in [1.54, 1.807) is 11.8 Å². The first-order valence-corrected chi connectivity index (χ1v) is 10.1. The number of likely N-dealkylation sites (tertiary alicyclic amines) is 1. The van der Waals surface area contributed by atoms with E-state index in [0.29, 0.717) is 24.6 Å². The molecule has 140 valence electrons. The third-order valence-corrected chi connectivity index (χ3v) is 6.03. The van der Waals surface area contributed by atoms with E-state index in [2.05, 4.69) is 19.1 Å². The number of carbonyl (C=O) groups excluding carboxylic acids is 2. The number of pyridine rings is 1. The van der Waals surface area contributed by atoms with Gasteiger partial charge in [-0.3, -0.25) is 9.59 Å². The van der Waals surface area contributed by atoms with Gasteiger partial charge in [-0.05, 0) is 51.0 Å². The minimum atomic E-state index is -0.222. The van der Waals surface area contributed by atoms with Gasteiger partial charge in [-0.1, -0.05) is 11.6 Å². The predicted octanol–water partition coefficient (Wildman–Crippen LogP) is 4.17. The number of benzene rings is 1. The lowest BCUT2D eigenvalue weighted by Gasteiger charge is -2.31. The fraction of sp³-hybridized carbons (Fsp3) is 0.381. The van der Waals surface area contributed by atoms with E-state index < -0.39 is 0 Å². The van der Waals surface area contributed by atoms with E-state index >= 15 is 0 Å². The molecule has 0 radical (unpaired) electrons. The van der Waals surface area contributed by atoms with Gasteiger partial charge in [0.2, 0.25) is 0 Å². The number of piperidine rings is 1. The third-order valence-electron chi connectivity index (χ3n) is 5.00. The molecule has 0 N–H and O–H groups in total. The molecule has 1 aromatic carbocycles. The average Bonchev–Trinajstić information content (AvgIpc) is 3.08. The zero-order valence-electron chi connectivity index (χ0n) is 15.5. The van der Waals surface area contributed by atoms with Crippen LogP contribution in [0, 0.1) is 12.8 Å². The van der Waals surface area contributed by atoms with E-state index in [-0.39, 0.29) is 17.8 Å².